The normalized spacial score (nSPS) is 10.8. The van der Waals surface area contributed by atoms with E-state index >= 15 is 0 Å². The van der Waals surface area contributed by atoms with E-state index in [1.54, 1.807) is 31.2 Å². The van der Waals surface area contributed by atoms with E-state index in [1.807, 2.05) is 24.3 Å². The number of aryl methyl sites for hydroxylation is 1. The zero-order valence-electron chi connectivity index (χ0n) is 17.3. The van der Waals surface area contributed by atoms with Crippen molar-refractivity contribution in [3.8, 4) is 16.3 Å². The maximum atomic E-state index is 12.6. The van der Waals surface area contributed by atoms with Crippen LogP contribution in [-0.2, 0) is 9.53 Å². The Hall–Kier alpha value is -3.36. The van der Waals surface area contributed by atoms with E-state index in [9.17, 15) is 9.59 Å². The van der Waals surface area contributed by atoms with E-state index in [2.05, 4.69) is 10.3 Å². The highest BCUT2D eigenvalue weighted by Gasteiger charge is 2.28. The number of carbonyl (C=O) groups is 2. The minimum atomic E-state index is -0.567. The van der Waals surface area contributed by atoms with Crippen molar-refractivity contribution in [1.82, 2.24) is 4.98 Å². The molecule has 0 aliphatic rings. The van der Waals surface area contributed by atoms with Crippen LogP contribution in [0.3, 0.4) is 0 Å². The molecular weight excluding hydrogens is 452 g/mol. The van der Waals surface area contributed by atoms with Crippen LogP contribution in [0.15, 0.2) is 52.9 Å². The summed E-state index contributed by atoms with van der Waals surface area (Å²) in [6.07, 6.45) is 0.0534. The van der Waals surface area contributed by atoms with Crippen molar-refractivity contribution in [1.29, 1.82) is 0 Å². The SMILES string of the molecule is COC(=O)c1c(C)oc(NC(=O)CCOc2ccccc2Cl)c1-c1nc2ccccc2s1. The van der Waals surface area contributed by atoms with Crippen molar-refractivity contribution in [2.24, 2.45) is 0 Å². The van der Waals surface area contributed by atoms with Gasteiger partial charge in [0.25, 0.3) is 0 Å². The first-order chi connectivity index (χ1) is 15.5. The summed E-state index contributed by atoms with van der Waals surface area (Å²) in [4.78, 5) is 29.7. The van der Waals surface area contributed by atoms with Crippen molar-refractivity contribution < 1.29 is 23.5 Å². The summed E-state index contributed by atoms with van der Waals surface area (Å²) in [5.74, 6) is 0.0602. The Morgan fingerprint density at radius 1 is 1.16 bits per heavy atom. The molecule has 32 heavy (non-hydrogen) atoms. The minimum Gasteiger partial charge on any atom is -0.491 e. The van der Waals surface area contributed by atoms with Gasteiger partial charge >= 0.3 is 5.97 Å². The number of hydrogen-bond donors (Lipinski definition) is 1. The number of rotatable bonds is 7. The Bertz CT molecular complexity index is 1260. The number of furan rings is 1. The van der Waals surface area contributed by atoms with Crippen LogP contribution >= 0.6 is 22.9 Å². The van der Waals surface area contributed by atoms with Crippen molar-refractivity contribution in [3.63, 3.8) is 0 Å². The van der Waals surface area contributed by atoms with Crippen LogP contribution in [0, 0.1) is 6.92 Å². The molecule has 4 rings (SSSR count). The summed E-state index contributed by atoms with van der Waals surface area (Å²) in [6, 6.07) is 14.6. The summed E-state index contributed by atoms with van der Waals surface area (Å²) < 4.78 is 17.2. The van der Waals surface area contributed by atoms with E-state index in [0.29, 0.717) is 27.1 Å². The first kappa shape index (κ1) is 21.9. The quantitative estimate of drug-likeness (QED) is 0.348. The summed E-state index contributed by atoms with van der Waals surface area (Å²) in [7, 11) is 1.29. The van der Waals surface area contributed by atoms with Gasteiger partial charge in [-0.2, -0.15) is 0 Å². The summed E-state index contributed by atoms with van der Waals surface area (Å²) in [5, 5.41) is 3.75. The molecule has 2 aromatic heterocycles. The van der Waals surface area contributed by atoms with E-state index in [-0.39, 0.29) is 30.4 Å². The van der Waals surface area contributed by atoms with Gasteiger partial charge in [-0.05, 0) is 31.2 Å². The fourth-order valence-electron chi connectivity index (χ4n) is 3.17. The number of hydrogen-bond acceptors (Lipinski definition) is 7. The molecule has 164 valence electrons. The van der Waals surface area contributed by atoms with E-state index in [4.69, 9.17) is 25.5 Å². The number of nitrogens with zero attached hydrogens (tertiary/aromatic N) is 1. The highest BCUT2D eigenvalue weighted by atomic mass is 35.5. The lowest BCUT2D eigenvalue weighted by molar-refractivity contribution is -0.116. The molecule has 0 saturated carbocycles. The van der Waals surface area contributed by atoms with Crippen LogP contribution in [0.25, 0.3) is 20.8 Å². The Labute approximate surface area is 192 Å². The number of methoxy groups -OCH3 is 1. The largest absolute Gasteiger partial charge is 0.491 e. The Kier molecular flexibility index (Phi) is 6.43. The number of aromatic nitrogens is 1. The van der Waals surface area contributed by atoms with Crippen LogP contribution in [0.4, 0.5) is 5.88 Å². The third kappa shape index (κ3) is 4.46. The summed E-state index contributed by atoms with van der Waals surface area (Å²) >= 11 is 7.46. The second kappa shape index (κ2) is 9.42. The van der Waals surface area contributed by atoms with E-state index in [0.717, 1.165) is 10.2 Å². The number of nitrogens with one attached hydrogen (secondary N) is 1. The summed E-state index contributed by atoms with van der Waals surface area (Å²) in [6.45, 7) is 1.76. The molecule has 0 spiro atoms. The molecule has 0 radical (unpaired) electrons. The minimum absolute atomic E-state index is 0.0534. The number of thiazole rings is 1. The molecule has 2 aromatic carbocycles. The average Bonchev–Trinajstić information content (AvgIpc) is 3.34. The molecule has 0 atom stereocenters. The number of ether oxygens (including phenoxy) is 2. The molecule has 0 bridgehead atoms. The fraction of sp³-hybridized carbons (Fsp3) is 0.174. The number of anilines is 1. The highest BCUT2D eigenvalue weighted by molar-refractivity contribution is 7.21. The molecule has 9 heteroatoms. The lowest BCUT2D eigenvalue weighted by atomic mass is 10.1. The molecule has 0 aliphatic carbocycles. The Morgan fingerprint density at radius 2 is 1.91 bits per heavy atom. The number of carbonyl (C=O) groups excluding carboxylic acids is 2. The molecule has 0 fully saturated rings. The van der Waals surface area contributed by atoms with E-state index < -0.39 is 5.97 Å². The van der Waals surface area contributed by atoms with Gasteiger partial charge in [-0.25, -0.2) is 9.78 Å². The van der Waals surface area contributed by atoms with Gasteiger partial charge < -0.3 is 13.9 Å². The van der Waals surface area contributed by atoms with Gasteiger partial charge in [-0.3, -0.25) is 10.1 Å². The lowest BCUT2D eigenvalue weighted by Crippen LogP contribution is -2.15. The number of esters is 1. The molecule has 0 saturated heterocycles. The molecular formula is C23H19ClN2O5S. The Morgan fingerprint density at radius 3 is 2.66 bits per heavy atom. The molecule has 1 amide bonds. The first-order valence-corrected chi connectivity index (χ1v) is 10.9. The van der Waals surface area contributed by atoms with Gasteiger partial charge in [0.15, 0.2) is 0 Å². The predicted octanol–water partition coefficient (Wildman–Crippen LogP) is 5.71. The number of benzene rings is 2. The monoisotopic (exact) mass is 470 g/mol. The second-order valence-electron chi connectivity index (χ2n) is 6.79. The number of para-hydroxylation sites is 2. The topological polar surface area (TPSA) is 90.7 Å². The molecule has 4 aromatic rings. The lowest BCUT2D eigenvalue weighted by Gasteiger charge is -2.08. The third-order valence-electron chi connectivity index (χ3n) is 4.66. The van der Waals surface area contributed by atoms with Gasteiger partial charge in [0.1, 0.15) is 22.1 Å². The van der Waals surface area contributed by atoms with Gasteiger partial charge in [0.2, 0.25) is 11.8 Å². The number of fused-ring (bicyclic) bond motifs is 1. The van der Waals surface area contributed by atoms with Crippen LogP contribution in [0.2, 0.25) is 5.02 Å². The second-order valence-corrected chi connectivity index (χ2v) is 8.23. The zero-order valence-corrected chi connectivity index (χ0v) is 18.9. The van der Waals surface area contributed by atoms with Crippen LogP contribution in [0.1, 0.15) is 22.5 Å². The number of amides is 1. The van der Waals surface area contributed by atoms with E-state index in [1.165, 1.54) is 18.4 Å². The first-order valence-electron chi connectivity index (χ1n) is 9.72. The Balaban J connectivity index is 1.58. The fourth-order valence-corrected chi connectivity index (χ4v) is 4.37. The van der Waals surface area contributed by atoms with Gasteiger partial charge in [-0.1, -0.05) is 35.9 Å². The van der Waals surface area contributed by atoms with Gasteiger partial charge in [0, 0.05) is 0 Å². The van der Waals surface area contributed by atoms with Gasteiger partial charge in [-0.15, -0.1) is 11.3 Å². The standard InChI is InChI=1S/C23H19ClN2O5S/c1-13-19(23(28)29-2)20(22-25-15-8-4-6-10-17(15)32-22)21(31-13)26-18(27)11-12-30-16-9-5-3-7-14(16)24/h3-10H,11-12H2,1-2H3,(H,26,27). The number of halogens is 1. The molecule has 0 aliphatic heterocycles. The highest BCUT2D eigenvalue weighted by Crippen LogP contribution is 2.40. The maximum Gasteiger partial charge on any atom is 0.342 e. The van der Waals surface area contributed by atoms with Crippen LogP contribution < -0.4 is 10.1 Å². The zero-order chi connectivity index (χ0) is 22.7. The third-order valence-corrected chi connectivity index (χ3v) is 6.02. The molecule has 7 nitrogen and oxygen atoms in total. The summed E-state index contributed by atoms with van der Waals surface area (Å²) in [5.41, 5.74) is 1.41. The van der Waals surface area contributed by atoms with Crippen molar-refractivity contribution in [3.05, 3.63) is 64.9 Å². The van der Waals surface area contributed by atoms with Crippen LogP contribution in [0.5, 0.6) is 5.75 Å². The average molecular weight is 471 g/mol. The van der Waals surface area contributed by atoms with Crippen molar-refractivity contribution >= 4 is 50.9 Å². The molecule has 2 heterocycles. The van der Waals surface area contributed by atoms with Crippen LogP contribution in [-0.4, -0.2) is 30.6 Å². The molecule has 1 N–H and O–H groups in total. The molecule has 0 unspecified atom stereocenters. The van der Waals surface area contributed by atoms with Crippen molar-refractivity contribution in [2.45, 2.75) is 13.3 Å². The smallest absolute Gasteiger partial charge is 0.342 e. The van der Waals surface area contributed by atoms with Gasteiger partial charge in [0.05, 0.1) is 40.9 Å². The van der Waals surface area contributed by atoms with Crippen molar-refractivity contribution in [2.75, 3.05) is 19.0 Å². The maximum absolute atomic E-state index is 12.6. The predicted molar refractivity (Wildman–Crippen MR) is 124 cm³/mol.